The third kappa shape index (κ3) is 3.15. The number of carbonyl (C=O) groups excluding carboxylic acids is 1. The molecule has 1 amide bonds. The van der Waals surface area contributed by atoms with Crippen LogP contribution in [-0.4, -0.2) is 5.91 Å². The van der Waals surface area contributed by atoms with Gasteiger partial charge in [-0.1, -0.05) is 29.8 Å². The minimum absolute atomic E-state index is 0.425. The molecule has 3 N–H and O–H groups in total. The molecule has 1 aromatic heterocycles. The third-order valence-electron chi connectivity index (χ3n) is 3.09. The number of nitrogens with one attached hydrogen (secondary N) is 1. The molecule has 0 fully saturated rings. The fraction of sp³-hybridized carbons (Fsp3) is 0.214. The van der Waals surface area contributed by atoms with Gasteiger partial charge in [-0.3, -0.25) is 10.1 Å². The summed E-state index contributed by atoms with van der Waals surface area (Å²) < 4.78 is 0. The number of thiophene rings is 1. The molecule has 1 atom stereocenters. The standard InChI is InChI=1S/C14H15ClN2OS/c1-14(13(16)18,10-4-2-5-11(15)8-10)17-9-12-6-3-7-19-12/h2-8,17H,9H2,1H3,(H2,16,18). The first kappa shape index (κ1) is 14.1. The highest BCUT2D eigenvalue weighted by Gasteiger charge is 2.32. The van der Waals surface area contributed by atoms with E-state index in [-0.39, 0.29) is 0 Å². The van der Waals surface area contributed by atoms with Crippen LogP contribution >= 0.6 is 22.9 Å². The monoisotopic (exact) mass is 294 g/mol. The molecular weight excluding hydrogens is 280 g/mol. The summed E-state index contributed by atoms with van der Waals surface area (Å²) >= 11 is 7.61. The van der Waals surface area contributed by atoms with Crippen LogP contribution in [0.15, 0.2) is 41.8 Å². The van der Waals surface area contributed by atoms with Gasteiger partial charge in [0, 0.05) is 16.4 Å². The predicted octanol–water partition coefficient (Wildman–Crippen LogP) is 2.89. The summed E-state index contributed by atoms with van der Waals surface area (Å²) in [5, 5.41) is 5.80. The molecule has 1 unspecified atom stereocenters. The number of benzene rings is 1. The second-order valence-electron chi connectivity index (χ2n) is 4.43. The molecule has 0 aliphatic carbocycles. The number of amides is 1. The quantitative estimate of drug-likeness (QED) is 0.891. The van der Waals surface area contributed by atoms with E-state index in [1.165, 1.54) is 0 Å². The topological polar surface area (TPSA) is 55.1 Å². The summed E-state index contributed by atoms with van der Waals surface area (Å²) in [6.07, 6.45) is 0. The van der Waals surface area contributed by atoms with Crippen LogP contribution in [0.2, 0.25) is 5.02 Å². The number of carbonyl (C=O) groups is 1. The number of hydrogen-bond acceptors (Lipinski definition) is 3. The molecule has 1 heterocycles. The summed E-state index contributed by atoms with van der Waals surface area (Å²) in [4.78, 5) is 13.0. The van der Waals surface area contributed by atoms with Crippen LogP contribution in [0.4, 0.5) is 0 Å². The Morgan fingerprint density at radius 3 is 2.79 bits per heavy atom. The van der Waals surface area contributed by atoms with Crippen LogP contribution in [0, 0.1) is 0 Å². The smallest absolute Gasteiger partial charge is 0.242 e. The zero-order valence-corrected chi connectivity index (χ0v) is 12.1. The Kier molecular flexibility index (Phi) is 4.24. The summed E-state index contributed by atoms with van der Waals surface area (Å²) in [7, 11) is 0. The van der Waals surface area contributed by atoms with Gasteiger partial charge >= 0.3 is 0 Å². The summed E-state index contributed by atoms with van der Waals surface area (Å²) in [6.45, 7) is 2.36. The molecule has 0 bridgehead atoms. The molecule has 0 aliphatic rings. The van der Waals surface area contributed by atoms with Crippen LogP contribution in [-0.2, 0) is 16.9 Å². The molecule has 100 valence electrons. The highest BCUT2D eigenvalue weighted by atomic mass is 35.5. The lowest BCUT2D eigenvalue weighted by Gasteiger charge is -2.28. The van der Waals surface area contributed by atoms with Crippen LogP contribution < -0.4 is 11.1 Å². The molecule has 3 nitrogen and oxygen atoms in total. The fourth-order valence-electron chi connectivity index (χ4n) is 1.81. The Morgan fingerprint density at radius 2 is 2.21 bits per heavy atom. The van der Waals surface area contributed by atoms with Crippen molar-refractivity contribution in [3.8, 4) is 0 Å². The fourth-order valence-corrected chi connectivity index (χ4v) is 2.64. The molecule has 2 rings (SSSR count). The lowest BCUT2D eigenvalue weighted by atomic mass is 9.91. The van der Waals surface area contributed by atoms with Gasteiger partial charge in [-0.15, -0.1) is 11.3 Å². The second-order valence-corrected chi connectivity index (χ2v) is 5.90. The van der Waals surface area contributed by atoms with Crippen LogP contribution in [0.3, 0.4) is 0 Å². The van der Waals surface area contributed by atoms with Gasteiger partial charge in [-0.25, -0.2) is 0 Å². The molecule has 0 saturated heterocycles. The highest BCUT2D eigenvalue weighted by Crippen LogP contribution is 2.24. The maximum Gasteiger partial charge on any atom is 0.242 e. The van der Waals surface area contributed by atoms with Crippen LogP contribution in [0.5, 0.6) is 0 Å². The first-order chi connectivity index (χ1) is 9.02. The van der Waals surface area contributed by atoms with Gasteiger partial charge in [-0.05, 0) is 36.1 Å². The lowest BCUT2D eigenvalue weighted by Crippen LogP contribution is -2.49. The maximum absolute atomic E-state index is 11.8. The van der Waals surface area contributed by atoms with Crippen molar-refractivity contribution in [3.63, 3.8) is 0 Å². The van der Waals surface area contributed by atoms with E-state index in [1.807, 2.05) is 29.6 Å². The Hall–Kier alpha value is -1.36. The van der Waals surface area contributed by atoms with E-state index in [9.17, 15) is 4.79 Å². The van der Waals surface area contributed by atoms with Crippen molar-refractivity contribution >= 4 is 28.8 Å². The third-order valence-corrected chi connectivity index (χ3v) is 4.20. The molecule has 0 saturated carbocycles. The summed E-state index contributed by atoms with van der Waals surface area (Å²) in [5.41, 5.74) is 5.38. The number of rotatable bonds is 5. The van der Waals surface area contributed by atoms with Gasteiger partial charge in [0.1, 0.15) is 5.54 Å². The molecule has 5 heteroatoms. The van der Waals surface area contributed by atoms with Crippen molar-refractivity contribution in [1.29, 1.82) is 0 Å². The maximum atomic E-state index is 11.8. The second kappa shape index (κ2) is 5.74. The minimum atomic E-state index is -0.936. The average Bonchev–Trinajstić information content (AvgIpc) is 2.88. The molecule has 19 heavy (non-hydrogen) atoms. The largest absolute Gasteiger partial charge is 0.368 e. The highest BCUT2D eigenvalue weighted by molar-refractivity contribution is 7.09. The van der Waals surface area contributed by atoms with E-state index >= 15 is 0 Å². The molecule has 1 aromatic carbocycles. The Bertz CT molecular complexity index is 571. The van der Waals surface area contributed by atoms with Crippen molar-refractivity contribution in [2.24, 2.45) is 5.73 Å². The zero-order chi connectivity index (χ0) is 13.9. The van der Waals surface area contributed by atoms with Gasteiger partial charge in [-0.2, -0.15) is 0 Å². The van der Waals surface area contributed by atoms with Crippen molar-refractivity contribution < 1.29 is 4.79 Å². The van der Waals surface area contributed by atoms with E-state index in [1.54, 1.807) is 30.4 Å². The number of halogens is 1. The van der Waals surface area contributed by atoms with E-state index in [2.05, 4.69) is 5.32 Å². The van der Waals surface area contributed by atoms with Crippen LogP contribution in [0.25, 0.3) is 0 Å². The van der Waals surface area contributed by atoms with E-state index in [4.69, 9.17) is 17.3 Å². The van der Waals surface area contributed by atoms with E-state index in [0.717, 1.165) is 10.4 Å². The number of nitrogens with two attached hydrogens (primary N) is 1. The molecule has 2 aromatic rings. The SMILES string of the molecule is CC(NCc1cccs1)(C(N)=O)c1cccc(Cl)c1. The normalized spacial score (nSPS) is 14.0. The van der Waals surface area contributed by atoms with Gasteiger partial charge in [0.15, 0.2) is 0 Å². The Balaban J connectivity index is 2.24. The Morgan fingerprint density at radius 1 is 1.42 bits per heavy atom. The molecule has 0 aliphatic heterocycles. The zero-order valence-electron chi connectivity index (χ0n) is 10.5. The summed E-state index contributed by atoms with van der Waals surface area (Å²) in [5.74, 6) is -0.425. The molecule has 0 spiro atoms. The molecular formula is C14H15ClN2OS. The van der Waals surface area contributed by atoms with Gasteiger partial charge in [0.05, 0.1) is 0 Å². The Labute approximate surface area is 121 Å². The lowest BCUT2D eigenvalue weighted by molar-refractivity contribution is -0.124. The van der Waals surface area contributed by atoms with Crippen molar-refractivity contribution in [2.75, 3.05) is 0 Å². The van der Waals surface area contributed by atoms with Crippen molar-refractivity contribution in [1.82, 2.24) is 5.32 Å². The van der Waals surface area contributed by atoms with Crippen LogP contribution in [0.1, 0.15) is 17.4 Å². The number of hydrogen-bond donors (Lipinski definition) is 2. The first-order valence-electron chi connectivity index (χ1n) is 5.86. The molecule has 0 radical (unpaired) electrons. The summed E-state index contributed by atoms with van der Waals surface area (Å²) in [6, 6.07) is 11.2. The van der Waals surface area contributed by atoms with E-state index < -0.39 is 11.4 Å². The average molecular weight is 295 g/mol. The van der Waals surface area contributed by atoms with E-state index in [0.29, 0.717) is 11.6 Å². The van der Waals surface area contributed by atoms with Gasteiger partial charge < -0.3 is 5.73 Å². The predicted molar refractivity (Wildman–Crippen MR) is 79.2 cm³/mol. The minimum Gasteiger partial charge on any atom is -0.368 e. The van der Waals surface area contributed by atoms with Gasteiger partial charge in [0.2, 0.25) is 5.91 Å². The van der Waals surface area contributed by atoms with Crippen molar-refractivity contribution in [2.45, 2.75) is 19.0 Å². The first-order valence-corrected chi connectivity index (χ1v) is 7.11. The van der Waals surface area contributed by atoms with Crippen molar-refractivity contribution in [3.05, 3.63) is 57.2 Å². The number of primary amides is 1. The van der Waals surface area contributed by atoms with Gasteiger partial charge in [0.25, 0.3) is 0 Å².